The van der Waals surface area contributed by atoms with E-state index in [1.165, 1.54) is 0 Å². The quantitative estimate of drug-likeness (QED) is 0.902. The zero-order chi connectivity index (χ0) is 13.4. The summed E-state index contributed by atoms with van der Waals surface area (Å²) in [5.41, 5.74) is 7.20. The molecule has 2 heterocycles. The van der Waals surface area contributed by atoms with Crippen LogP contribution in [0.4, 0.5) is 0 Å². The van der Waals surface area contributed by atoms with E-state index in [1.54, 1.807) is 0 Å². The van der Waals surface area contributed by atoms with Crippen molar-refractivity contribution in [1.29, 1.82) is 0 Å². The van der Waals surface area contributed by atoms with Crippen LogP contribution < -0.4 is 15.2 Å². The van der Waals surface area contributed by atoms with E-state index in [2.05, 4.69) is 11.8 Å². The minimum absolute atomic E-state index is 0.271. The van der Waals surface area contributed by atoms with Gasteiger partial charge in [0.25, 0.3) is 0 Å². The number of nitrogens with two attached hydrogens (primary N) is 1. The summed E-state index contributed by atoms with van der Waals surface area (Å²) in [6.07, 6.45) is 1.06. The van der Waals surface area contributed by atoms with Gasteiger partial charge in [-0.15, -0.1) is 0 Å². The monoisotopic (exact) mass is 282 g/mol. The van der Waals surface area contributed by atoms with E-state index in [9.17, 15) is 0 Å². The van der Waals surface area contributed by atoms with Gasteiger partial charge in [-0.2, -0.15) is 0 Å². The highest BCUT2D eigenvalue weighted by Crippen LogP contribution is 2.38. The third-order valence-corrected chi connectivity index (χ3v) is 4.27. The first kappa shape index (κ1) is 13.0. The lowest BCUT2D eigenvalue weighted by atomic mass is 10.1. The van der Waals surface area contributed by atoms with Crippen molar-refractivity contribution in [2.24, 2.45) is 5.73 Å². The van der Waals surface area contributed by atoms with Crippen molar-refractivity contribution in [2.45, 2.75) is 32.0 Å². The maximum Gasteiger partial charge on any atom is 0.179 e. The molecule has 3 rings (SSSR count). The molecule has 0 aliphatic carbocycles. The van der Waals surface area contributed by atoms with Crippen LogP contribution in [0.15, 0.2) is 12.1 Å². The lowest BCUT2D eigenvalue weighted by molar-refractivity contribution is 0.171. The fourth-order valence-corrected chi connectivity index (χ4v) is 3.03. The molecule has 2 atom stereocenters. The molecule has 1 aromatic rings. The van der Waals surface area contributed by atoms with Gasteiger partial charge in [-0.25, -0.2) is 0 Å². The van der Waals surface area contributed by atoms with Gasteiger partial charge in [0.2, 0.25) is 0 Å². The molecule has 104 valence electrons. The normalized spacial score (nSPS) is 26.7. The molecule has 0 saturated carbocycles. The van der Waals surface area contributed by atoms with Gasteiger partial charge in [-0.05, 0) is 31.0 Å². The van der Waals surface area contributed by atoms with Gasteiger partial charge in [-0.3, -0.25) is 4.90 Å². The van der Waals surface area contributed by atoms with Gasteiger partial charge in [0.05, 0.1) is 5.02 Å². The van der Waals surface area contributed by atoms with Crippen molar-refractivity contribution in [2.75, 3.05) is 19.8 Å². The first-order valence-corrected chi connectivity index (χ1v) is 7.10. The van der Waals surface area contributed by atoms with Gasteiger partial charge in [0, 0.05) is 25.2 Å². The second kappa shape index (κ2) is 5.19. The van der Waals surface area contributed by atoms with E-state index in [-0.39, 0.29) is 6.04 Å². The fraction of sp³-hybridized carbons (Fsp3) is 0.571. The minimum atomic E-state index is 0.271. The van der Waals surface area contributed by atoms with E-state index in [4.69, 9.17) is 26.8 Å². The molecule has 5 heteroatoms. The molecule has 19 heavy (non-hydrogen) atoms. The third-order valence-electron chi connectivity index (χ3n) is 3.99. The molecule has 2 aliphatic rings. The Morgan fingerprint density at radius 3 is 2.89 bits per heavy atom. The molecule has 2 N–H and O–H groups in total. The van der Waals surface area contributed by atoms with E-state index in [1.807, 2.05) is 12.1 Å². The molecule has 0 radical (unpaired) electrons. The average molecular weight is 283 g/mol. The van der Waals surface area contributed by atoms with Crippen molar-refractivity contribution < 1.29 is 9.47 Å². The number of halogens is 1. The lowest BCUT2D eigenvalue weighted by Gasteiger charge is -2.25. The molecule has 2 unspecified atom stereocenters. The average Bonchev–Trinajstić information content (AvgIpc) is 2.71. The maximum absolute atomic E-state index is 6.25. The molecule has 1 saturated heterocycles. The molecular formula is C14H19ClN2O2. The summed E-state index contributed by atoms with van der Waals surface area (Å²) < 4.78 is 11.1. The van der Waals surface area contributed by atoms with Gasteiger partial charge < -0.3 is 15.2 Å². The molecule has 1 fully saturated rings. The molecule has 0 aromatic heterocycles. The summed E-state index contributed by atoms with van der Waals surface area (Å²) in [4.78, 5) is 2.38. The van der Waals surface area contributed by atoms with Crippen molar-refractivity contribution in [3.63, 3.8) is 0 Å². The van der Waals surface area contributed by atoms with Crippen LogP contribution in [-0.2, 0) is 6.54 Å². The number of rotatable bonds is 2. The Morgan fingerprint density at radius 1 is 1.37 bits per heavy atom. The predicted molar refractivity (Wildman–Crippen MR) is 74.9 cm³/mol. The molecule has 2 aliphatic heterocycles. The number of benzene rings is 1. The van der Waals surface area contributed by atoms with Crippen molar-refractivity contribution in [1.82, 2.24) is 4.90 Å². The number of nitrogens with zero attached hydrogens (tertiary/aromatic N) is 1. The third kappa shape index (κ3) is 2.53. The first-order chi connectivity index (χ1) is 9.15. The van der Waals surface area contributed by atoms with Gasteiger partial charge in [0.1, 0.15) is 13.2 Å². The Morgan fingerprint density at radius 2 is 2.16 bits per heavy atom. The summed E-state index contributed by atoms with van der Waals surface area (Å²) in [6.45, 7) is 5.21. The van der Waals surface area contributed by atoms with E-state index < -0.39 is 0 Å². The smallest absolute Gasteiger partial charge is 0.179 e. The summed E-state index contributed by atoms with van der Waals surface area (Å²) in [7, 11) is 0. The molecule has 4 nitrogen and oxygen atoms in total. The Hall–Kier alpha value is -0.970. The van der Waals surface area contributed by atoms with Crippen LogP contribution in [0.2, 0.25) is 5.02 Å². The molecule has 1 aromatic carbocycles. The topological polar surface area (TPSA) is 47.7 Å². The summed E-state index contributed by atoms with van der Waals surface area (Å²) in [5, 5.41) is 0.628. The van der Waals surface area contributed by atoms with Crippen LogP contribution in [0.25, 0.3) is 0 Å². The molecule has 0 amide bonds. The van der Waals surface area contributed by atoms with Crippen LogP contribution in [-0.4, -0.2) is 36.7 Å². The highest BCUT2D eigenvalue weighted by Gasteiger charge is 2.28. The largest absolute Gasteiger partial charge is 0.486 e. The highest BCUT2D eigenvalue weighted by atomic mass is 35.5. The van der Waals surface area contributed by atoms with Crippen LogP contribution in [0.5, 0.6) is 11.5 Å². The Kier molecular flexibility index (Phi) is 3.56. The van der Waals surface area contributed by atoms with Gasteiger partial charge in [-0.1, -0.05) is 11.6 Å². The lowest BCUT2D eigenvalue weighted by Crippen LogP contribution is -2.36. The van der Waals surface area contributed by atoms with Gasteiger partial charge >= 0.3 is 0 Å². The molecule has 0 bridgehead atoms. The SMILES string of the molecule is CC1C(N)CCN1Cc1cc(Cl)c2c(c1)OCCO2. The Bertz CT molecular complexity index is 481. The number of fused-ring (bicyclic) bond motifs is 1. The van der Waals surface area contributed by atoms with Crippen LogP contribution in [0.3, 0.4) is 0 Å². The van der Waals surface area contributed by atoms with Crippen molar-refractivity contribution >= 4 is 11.6 Å². The number of likely N-dealkylation sites (tertiary alicyclic amines) is 1. The number of ether oxygens (including phenoxy) is 2. The van der Waals surface area contributed by atoms with Crippen LogP contribution in [0.1, 0.15) is 18.9 Å². The Labute approximate surface area is 118 Å². The summed E-state index contributed by atoms with van der Waals surface area (Å²) in [6, 6.07) is 4.67. The number of hydrogen-bond donors (Lipinski definition) is 1. The van der Waals surface area contributed by atoms with E-state index in [0.29, 0.717) is 30.0 Å². The zero-order valence-electron chi connectivity index (χ0n) is 11.1. The van der Waals surface area contributed by atoms with Crippen molar-refractivity contribution in [3.05, 3.63) is 22.7 Å². The molecular weight excluding hydrogens is 264 g/mol. The Balaban J connectivity index is 1.80. The highest BCUT2D eigenvalue weighted by molar-refractivity contribution is 6.32. The standard InChI is InChI=1S/C14H19ClN2O2/c1-9-12(16)2-3-17(9)8-10-6-11(15)14-13(7-10)18-4-5-19-14/h6-7,9,12H,2-5,8,16H2,1H3. The predicted octanol–water partition coefficient (Wildman–Crippen LogP) is 2.03. The minimum Gasteiger partial charge on any atom is -0.486 e. The second-order valence-corrected chi connectivity index (χ2v) is 5.67. The number of hydrogen-bond acceptors (Lipinski definition) is 4. The second-order valence-electron chi connectivity index (χ2n) is 5.27. The fourth-order valence-electron chi connectivity index (χ4n) is 2.74. The zero-order valence-corrected chi connectivity index (χ0v) is 11.8. The van der Waals surface area contributed by atoms with Crippen LogP contribution in [0, 0.1) is 0 Å². The van der Waals surface area contributed by atoms with Crippen LogP contribution >= 0.6 is 11.6 Å². The summed E-state index contributed by atoms with van der Waals surface area (Å²) >= 11 is 6.25. The van der Waals surface area contributed by atoms with Gasteiger partial charge in [0.15, 0.2) is 11.5 Å². The first-order valence-electron chi connectivity index (χ1n) is 6.73. The van der Waals surface area contributed by atoms with Crippen molar-refractivity contribution in [3.8, 4) is 11.5 Å². The summed E-state index contributed by atoms with van der Waals surface area (Å²) in [5.74, 6) is 1.42. The van der Waals surface area contributed by atoms with E-state index >= 15 is 0 Å². The molecule has 0 spiro atoms. The van der Waals surface area contributed by atoms with E-state index in [0.717, 1.165) is 30.8 Å². The maximum atomic E-state index is 6.25.